The number of esters is 1. The average Bonchev–Trinajstić information content (AvgIpc) is 2.91. The third-order valence-electron chi connectivity index (χ3n) is 3.50. The van der Waals surface area contributed by atoms with Crippen LogP contribution in [0.25, 0.3) is 0 Å². The molecule has 0 bridgehead atoms. The number of benzene rings is 1. The lowest BCUT2D eigenvalue weighted by Gasteiger charge is -2.22. The fraction of sp³-hybridized carbons (Fsp3) is 0.533. The van der Waals surface area contributed by atoms with Crippen molar-refractivity contribution in [3.8, 4) is 0 Å². The number of carbonyl (C=O) groups is 1. The summed E-state index contributed by atoms with van der Waals surface area (Å²) in [6.07, 6.45) is -2.72. The number of fused-ring (bicyclic) bond motifs is 1. The first kappa shape index (κ1) is 14.5. The number of hydrogen-bond donors (Lipinski definition) is 1. The highest BCUT2D eigenvalue weighted by atomic mass is 16.8. The molecule has 4 atom stereocenters. The normalized spacial score (nSPS) is 33.7. The summed E-state index contributed by atoms with van der Waals surface area (Å²) in [7, 11) is 0. The first-order chi connectivity index (χ1) is 9.96. The van der Waals surface area contributed by atoms with Crippen LogP contribution in [-0.4, -0.2) is 48.1 Å². The molecule has 0 saturated carbocycles. The highest BCUT2D eigenvalue weighted by molar-refractivity contribution is 5.89. The Bertz CT molecular complexity index is 514. The van der Waals surface area contributed by atoms with Gasteiger partial charge in [-0.25, -0.2) is 4.79 Å². The topological polar surface area (TPSA) is 74.2 Å². The van der Waals surface area contributed by atoms with E-state index < -0.39 is 36.4 Å². The SMILES string of the molecule is CC1(C)O[C@@H]2O[C@H](COC(=O)c3ccccc3)[C@H](O)[C@H]2O1. The molecular weight excluding hydrogens is 276 g/mol. The van der Waals surface area contributed by atoms with E-state index in [0.29, 0.717) is 5.56 Å². The van der Waals surface area contributed by atoms with E-state index in [0.717, 1.165) is 0 Å². The molecule has 0 amide bonds. The minimum absolute atomic E-state index is 0.0466. The lowest BCUT2D eigenvalue weighted by atomic mass is 10.1. The highest BCUT2D eigenvalue weighted by Crippen LogP contribution is 2.37. The van der Waals surface area contributed by atoms with Crippen LogP contribution >= 0.6 is 0 Å². The molecule has 1 N–H and O–H groups in total. The van der Waals surface area contributed by atoms with Gasteiger partial charge in [0, 0.05) is 0 Å². The van der Waals surface area contributed by atoms with Gasteiger partial charge in [0.15, 0.2) is 12.1 Å². The summed E-state index contributed by atoms with van der Waals surface area (Å²) < 4.78 is 21.8. The van der Waals surface area contributed by atoms with Crippen LogP contribution in [0.15, 0.2) is 30.3 Å². The summed E-state index contributed by atoms with van der Waals surface area (Å²) in [5.74, 6) is -1.23. The van der Waals surface area contributed by atoms with E-state index in [1.54, 1.807) is 38.1 Å². The smallest absolute Gasteiger partial charge is 0.338 e. The molecule has 1 aromatic rings. The van der Waals surface area contributed by atoms with E-state index in [1.807, 2.05) is 6.07 Å². The lowest BCUT2D eigenvalue weighted by Crippen LogP contribution is -2.37. The number of aliphatic hydroxyl groups excluding tert-OH is 1. The van der Waals surface area contributed by atoms with Crippen molar-refractivity contribution >= 4 is 5.97 Å². The van der Waals surface area contributed by atoms with Crippen LogP contribution in [0, 0.1) is 0 Å². The Balaban J connectivity index is 1.55. The van der Waals surface area contributed by atoms with Gasteiger partial charge in [-0.05, 0) is 26.0 Å². The Morgan fingerprint density at radius 3 is 2.67 bits per heavy atom. The molecule has 6 heteroatoms. The molecule has 2 fully saturated rings. The van der Waals surface area contributed by atoms with Crippen molar-refractivity contribution < 1.29 is 28.8 Å². The molecule has 21 heavy (non-hydrogen) atoms. The molecular formula is C15H18O6. The van der Waals surface area contributed by atoms with Gasteiger partial charge >= 0.3 is 5.97 Å². The molecule has 2 heterocycles. The van der Waals surface area contributed by atoms with Crippen molar-refractivity contribution in [2.45, 2.75) is 44.2 Å². The number of carbonyl (C=O) groups excluding carboxylic acids is 1. The van der Waals surface area contributed by atoms with Gasteiger partial charge in [0.2, 0.25) is 0 Å². The van der Waals surface area contributed by atoms with Crippen molar-refractivity contribution in [3.05, 3.63) is 35.9 Å². The predicted molar refractivity (Wildman–Crippen MR) is 71.4 cm³/mol. The van der Waals surface area contributed by atoms with Crippen LogP contribution in [-0.2, 0) is 18.9 Å². The minimum Gasteiger partial charge on any atom is -0.459 e. The van der Waals surface area contributed by atoms with E-state index >= 15 is 0 Å². The quantitative estimate of drug-likeness (QED) is 0.841. The summed E-state index contributed by atoms with van der Waals surface area (Å²) >= 11 is 0. The van der Waals surface area contributed by atoms with Crippen molar-refractivity contribution in [2.24, 2.45) is 0 Å². The summed E-state index contributed by atoms with van der Waals surface area (Å²) in [6, 6.07) is 8.66. The van der Waals surface area contributed by atoms with E-state index in [-0.39, 0.29) is 6.61 Å². The van der Waals surface area contributed by atoms with Gasteiger partial charge in [0.05, 0.1) is 5.56 Å². The first-order valence-corrected chi connectivity index (χ1v) is 6.88. The summed E-state index contributed by atoms with van der Waals surface area (Å²) in [4.78, 5) is 11.8. The zero-order valence-corrected chi connectivity index (χ0v) is 11.9. The van der Waals surface area contributed by atoms with E-state index in [2.05, 4.69) is 0 Å². The third-order valence-corrected chi connectivity index (χ3v) is 3.50. The molecule has 0 radical (unpaired) electrons. The third kappa shape index (κ3) is 2.94. The summed E-state index contributed by atoms with van der Waals surface area (Å²) in [5.41, 5.74) is 0.457. The van der Waals surface area contributed by atoms with E-state index in [4.69, 9.17) is 18.9 Å². The van der Waals surface area contributed by atoms with Crippen molar-refractivity contribution in [1.29, 1.82) is 0 Å². The Labute approximate surface area is 122 Å². The molecule has 0 spiro atoms. The maximum atomic E-state index is 11.8. The number of ether oxygens (including phenoxy) is 4. The fourth-order valence-corrected chi connectivity index (χ4v) is 2.51. The van der Waals surface area contributed by atoms with Gasteiger partial charge in [-0.1, -0.05) is 18.2 Å². The maximum absolute atomic E-state index is 11.8. The number of hydrogen-bond acceptors (Lipinski definition) is 6. The van der Waals surface area contributed by atoms with Crippen molar-refractivity contribution in [1.82, 2.24) is 0 Å². The monoisotopic (exact) mass is 294 g/mol. The molecule has 1 aromatic carbocycles. The predicted octanol–water partition coefficient (Wildman–Crippen LogP) is 1.08. The Morgan fingerprint density at radius 1 is 1.29 bits per heavy atom. The second-order valence-corrected chi connectivity index (χ2v) is 5.60. The molecule has 3 rings (SSSR count). The number of rotatable bonds is 3. The average molecular weight is 294 g/mol. The largest absolute Gasteiger partial charge is 0.459 e. The van der Waals surface area contributed by atoms with Crippen LogP contribution in [0.4, 0.5) is 0 Å². The van der Waals surface area contributed by atoms with Crippen LogP contribution in [0.3, 0.4) is 0 Å². The van der Waals surface area contributed by atoms with E-state index in [1.165, 1.54) is 0 Å². The van der Waals surface area contributed by atoms with Gasteiger partial charge < -0.3 is 24.1 Å². The van der Waals surface area contributed by atoms with Crippen LogP contribution in [0.1, 0.15) is 24.2 Å². The molecule has 0 unspecified atom stereocenters. The van der Waals surface area contributed by atoms with Crippen LogP contribution in [0.2, 0.25) is 0 Å². The molecule has 114 valence electrons. The fourth-order valence-electron chi connectivity index (χ4n) is 2.51. The molecule has 2 saturated heterocycles. The van der Waals surface area contributed by atoms with Crippen molar-refractivity contribution in [3.63, 3.8) is 0 Å². The van der Waals surface area contributed by atoms with Crippen molar-refractivity contribution in [2.75, 3.05) is 6.61 Å². The van der Waals surface area contributed by atoms with Gasteiger partial charge in [-0.3, -0.25) is 0 Å². The van der Waals surface area contributed by atoms with Gasteiger partial charge in [-0.2, -0.15) is 0 Å². The molecule has 0 aliphatic carbocycles. The van der Waals surface area contributed by atoms with Gasteiger partial charge in [0.25, 0.3) is 0 Å². The van der Waals surface area contributed by atoms with Crippen LogP contribution in [0.5, 0.6) is 0 Å². The lowest BCUT2D eigenvalue weighted by molar-refractivity contribution is -0.218. The molecule has 2 aliphatic heterocycles. The van der Waals surface area contributed by atoms with Gasteiger partial charge in [0.1, 0.15) is 24.9 Å². The Kier molecular flexibility index (Phi) is 3.71. The second kappa shape index (κ2) is 5.38. The first-order valence-electron chi connectivity index (χ1n) is 6.88. The zero-order chi connectivity index (χ0) is 15.0. The highest BCUT2D eigenvalue weighted by Gasteiger charge is 2.54. The zero-order valence-electron chi connectivity index (χ0n) is 11.9. The Hall–Kier alpha value is -1.47. The molecule has 2 aliphatic rings. The maximum Gasteiger partial charge on any atom is 0.338 e. The minimum atomic E-state index is -0.889. The standard InChI is InChI=1S/C15H18O6/c1-15(2)20-12-11(16)10(19-14(12)21-15)8-18-13(17)9-6-4-3-5-7-9/h3-7,10-12,14,16H,8H2,1-2H3/t10-,11+,12-,14+/m1/s1. The summed E-state index contributed by atoms with van der Waals surface area (Å²) in [5, 5.41) is 10.2. The van der Waals surface area contributed by atoms with Gasteiger partial charge in [-0.15, -0.1) is 0 Å². The van der Waals surface area contributed by atoms with Crippen LogP contribution < -0.4 is 0 Å². The molecule has 6 nitrogen and oxygen atoms in total. The second-order valence-electron chi connectivity index (χ2n) is 5.60. The number of aliphatic hydroxyl groups is 1. The van der Waals surface area contributed by atoms with E-state index in [9.17, 15) is 9.90 Å². The molecule has 0 aromatic heterocycles. The summed E-state index contributed by atoms with van der Waals surface area (Å²) in [6.45, 7) is 3.46. The Morgan fingerprint density at radius 2 is 2.00 bits per heavy atom.